The summed E-state index contributed by atoms with van der Waals surface area (Å²) in [5.41, 5.74) is 0.518. The first-order chi connectivity index (χ1) is 9.60. The molecule has 0 saturated carbocycles. The third-order valence-corrected chi connectivity index (χ3v) is 3.70. The van der Waals surface area contributed by atoms with E-state index in [0.29, 0.717) is 11.5 Å². The number of likely N-dealkylation sites (tertiary alicyclic amines) is 1. The molecule has 1 N–H and O–H groups in total. The van der Waals surface area contributed by atoms with Crippen LogP contribution in [0.25, 0.3) is 0 Å². The van der Waals surface area contributed by atoms with Crippen LogP contribution in [0.5, 0.6) is 0 Å². The van der Waals surface area contributed by atoms with E-state index in [2.05, 4.69) is 5.32 Å². The van der Waals surface area contributed by atoms with Crippen LogP contribution in [-0.4, -0.2) is 37.5 Å². The molecule has 1 fully saturated rings. The number of carbonyl (C=O) groups is 1. The molecule has 2 rings (SSSR count). The Hall–Kier alpha value is -1.49. The maximum atomic E-state index is 13.1. The van der Waals surface area contributed by atoms with Crippen molar-refractivity contribution in [2.45, 2.75) is 19.3 Å². The molecule has 5 heteroatoms. The molecule has 1 heterocycles. The van der Waals surface area contributed by atoms with Gasteiger partial charge in [0.15, 0.2) is 11.6 Å². The summed E-state index contributed by atoms with van der Waals surface area (Å²) in [5.74, 6) is -1.32. The fourth-order valence-corrected chi connectivity index (χ4v) is 2.68. The lowest BCUT2D eigenvalue weighted by Gasteiger charge is -2.32. The smallest absolute Gasteiger partial charge is 0.227 e. The molecule has 0 aromatic heterocycles. The number of rotatable bonds is 4. The first kappa shape index (κ1) is 14.9. The van der Waals surface area contributed by atoms with Gasteiger partial charge in [-0.1, -0.05) is 6.07 Å². The standard InChI is InChI=1S/C15H20F2N2O/c1-18-9-12-3-2-6-19(10-12)15(20)8-11-4-5-13(16)14(17)7-11/h4-5,7,12,18H,2-3,6,8-10H2,1H3. The second-order valence-corrected chi connectivity index (χ2v) is 5.33. The van der Waals surface area contributed by atoms with Gasteiger partial charge in [0.25, 0.3) is 0 Å². The molecule has 1 unspecified atom stereocenters. The zero-order chi connectivity index (χ0) is 14.5. The van der Waals surface area contributed by atoms with Crippen LogP contribution in [-0.2, 0) is 11.2 Å². The van der Waals surface area contributed by atoms with Crippen molar-refractivity contribution in [3.05, 3.63) is 35.4 Å². The maximum absolute atomic E-state index is 13.1. The van der Waals surface area contributed by atoms with E-state index in [1.54, 1.807) is 0 Å². The van der Waals surface area contributed by atoms with Crippen LogP contribution in [0.3, 0.4) is 0 Å². The fraction of sp³-hybridized carbons (Fsp3) is 0.533. The summed E-state index contributed by atoms with van der Waals surface area (Å²) in [5, 5.41) is 3.13. The molecule has 1 aromatic carbocycles. The Bertz CT molecular complexity index is 477. The molecule has 110 valence electrons. The number of halogens is 2. The van der Waals surface area contributed by atoms with E-state index in [0.717, 1.165) is 44.6 Å². The van der Waals surface area contributed by atoms with Crippen molar-refractivity contribution in [2.24, 2.45) is 5.92 Å². The Labute approximate surface area is 118 Å². The monoisotopic (exact) mass is 282 g/mol. The van der Waals surface area contributed by atoms with Gasteiger partial charge in [0, 0.05) is 13.1 Å². The van der Waals surface area contributed by atoms with Crippen LogP contribution in [0.1, 0.15) is 18.4 Å². The number of carbonyl (C=O) groups excluding carboxylic acids is 1. The Balaban J connectivity index is 1.95. The van der Waals surface area contributed by atoms with Gasteiger partial charge in [-0.05, 0) is 50.0 Å². The second-order valence-electron chi connectivity index (χ2n) is 5.33. The Morgan fingerprint density at radius 2 is 2.20 bits per heavy atom. The molecule has 1 amide bonds. The lowest BCUT2D eigenvalue weighted by Crippen LogP contribution is -2.43. The summed E-state index contributed by atoms with van der Waals surface area (Å²) >= 11 is 0. The third kappa shape index (κ3) is 3.76. The lowest BCUT2D eigenvalue weighted by molar-refractivity contribution is -0.132. The van der Waals surface area contributed by atoms with Gasteiger partial charge in [0.1, 0.15) is 0 Å². The van der Waals surface area contributed by atoms with Crippen molar-refractivity contribution in [1.29, 1.82) is 0 Å². The highest BCUT2D eigenvalue weighted by Gasteiger charge is 2.23. The second kappa shape index (κ2) is 6.79. The van der Waals surface area contributed by atoms with Crippen LogP contribution in [0.15, 0.2) is 18.2 Å². The van der Waals surface area contributed by atoms with Crippen molar-refractivity contribution >= 4 is 5.91 Å². The van der Waals surface area contributed by atoms with Crippen molar-refractivity contribution in [2.75, 3.05) is 26.7 Å². The van der Waals surface area contributed by atoms with E-state index in [1.165, 1.54) is 6.07 Å². The average Bonchev–Trinajstić information content (AvgIpc) is 2.43. The van der Waals surface area contributed by atoms with E-state index in [-0.39, 0.29) is 12.3 Å². The Morgan fingerprint density at radius 1 is 1.40 bits per heavy atom. The Kier molecular flexibility index (Phi) is 5.06. The number of nitrogens with one attached hydrogen (secondary N) is 1. The molecule has 1 aromatic rings. The number of piperidine rings is 1. The minimum Gasteiger partial charge on any atom is -0.342 e. The topological polar surface area (TPSA) is 32.3 Å². The van der Waals surface area contributed by atoms with Gasteiger partial charge in [0.2, 0.25) is 5.91 Å². The van der Waals surface area contributed by atoms with Crippen molar-refractivity contribution in [3.8, 4) is 0 Å². The number of hydrogen-bond acceptors (Lipinski definition) is 2. The molecule has 1 aliphatic heterocycles. The summed E-state index contributed by atoms with van der Waals surface area (Å²) in [6, 6.07) is 3.63. The summed E-state index contributed by atoms with van der Waals surface area (Å²) in [4.78, 5) is 14.0. The average molecular weight is 282 g/mol. The summed E-state index contributed by atoms with van der Waals surface area (Å²) in [6.07, 6.45) is 2.25. The highest BCUT2D eigenvalue weighted by molar-refractivity contribution is 5.78. The maximum Gasteiger partial charge on any atom is 0.227 e. The molecule has 0 bridgehead atoms. The molecule has 0 radical (unpaired) electrons. The molecular formula is C15H20F2N2O. The number of nitrogens with zero attached hydrogens (tertiary/aromatic N) is 1. The first-order valence-electron chi connectivity index (χ1n) is 6.96. The molecule has 1 aliphatic rings. The zero-order valence-corrected chi connectivity index (χ0v) is 11.7. The van der Waals surface area contributed by atoms with E-state index in [4.69, 9.17) is 0 Å². The van der Waals surface area contributed by atoms with Gasteiger partial charge in [-0.3, -0.25) is 4.79 Å². The van der Waals surface area contributed by atoms with E-state index in [1.807, 2.05) is 11.9 Å². The minimum atomic E-state index is -0.901. The zero-order valence-electron chi connectivity index (χ0n) is 11.7. The van der Waals surface area contributed by atoms with Crippen molar-refractivity contribution in [3.63, 3.8) is 0 Å². The molecule has 20 heavy (non-hydrogen) atoms. The molecule has 1 saturated heterocycles. The van der Waals surface area contributed by atoms with E-state index < -0.39 is 11.6 Å². The van der Waals surface area contributed by atoms with Crippen LogP contribution in [0.4, 0.5) is 8.78 Å². The number of hydrogen-bond donors (Lipinski definition) is 1. The van der Waals surface area contributed by atoms with Gasteiger partial charge in [-0.2, -0.15) is 0 Å². The predicted octanol–water partition coefficient (Wildman–Crippen LogP) is 1.97. The molecule has 3 nitrogen and oxygen atoms in total. The lowest BCUT2D eigenvalue weighted by atomic mass is 9.97. The quantitative estimate of drug-likeness (QED) is 0.915. The SMILES string of the molecule is CNCC1CCCN(C(=O)Cc2ccc(F)c(F)c2)C1. The molecule has 1 atom stereocenters. The van der Waals surface area contributed by atoms with Crippen molar-refractivity contribution < 1.29 is 13.6 Å². The van der Waals surface area contributed by atoms with Crippen LogP contribution >= 0.6 is 0 Å². The normalized spacial score (nSPS) is 19.1. The summed E-state index contributed by atoms with van der Waals surface area (Å²) < 4.78 is 26.0. The minimum absolute atomic E-state index is 0.0168. The Morgan fingerprint density at radius 3 is 2.90 bits per heavy atom. The fourth-order valence-electron chi connectivity index (χ4n) is 2.68. The van der Waals surface area contributed by atoms with Gasteiger partial charge in [-0.15, -0.1) is 0 Å². The number of benzene rings is 1. The van der Waals surface area contributed by atoms with Crippen LogP contribution < -0.4 is 5.32 Å². The first-order valence-corrected chi connectivity index (χ1v) is 6.96. The van der Waals surface area contributed by atoms with Crippen molar-refractivity contribution in [1.82, 2.24) is 10.2 Å². The van der Waals surface area contributed by atoms with Crippen LogP contribution in [0, 0.1) is 17.6 Å². The summed E-state index contributed by atoms with van der Waals surface area (Å²) in [6.45, 7) is 2.39. The third-order valence-electron chi connectivity index (χ3n) is 3.70. The highest BCUT2D eigenvalue weighted by Crippen LogP contribution is 2.17. The number of amides is 1. The van der Waals surface area contributed by atoms with Gasteiger partial charge in [0.05, 0.1) is 6.42 Å². The summed E-state index contributed by atoms with van der Waals surface area (Å²) in [7, 11) is 1.90. The largest absolute Gasteiger partial charge is 0.342 e. The van der Waals surface area contributed by atoms with Gasteiger partial charge < -0.3 is 10.2 Å². The molecule has 0 aliphatic carbocycles. The molecular weight excluding hydrogens is 262 g/mol. The predicted molar refractivity (Wildman–Crippen MR) is 73.3 cm³/mol. The van der Waals surface area contributed by atoms with E-state index in [9.17, 15) is 13.6 Å². The molecule has 0 spiro atoms. The van der Waals surface area contributed by atoms with Crippen LogP contribution in [0.2, 0.25) is 0 Å². The van der Waals surface area contributed by atoms with Gasteiger partial charge >= 0.3 is 0 Å². The van der Waals surface area contributed by atoms with E-state index >= 15 is 0 Å². The highest BCUT2D eigenvalue weighted by atomic mass is 19.2. The van der Waals surface area contributed by atoms with Gasteiger partial charge in [-0.25, -0.2) is 8.78 Å².